The molecule has 0 radical (unpaired) electrons. The van der Waals surface area contributed by atoms with E-state index in [-0.39, 0.29) is 0 Å². The van der Waals surface area contributed by atoms with Gasteiger partial charge in [0.25, 0.3) is 0 Å². The van der Waals surface area contributed by atoms with E-state index < -0.39 is 0 Å². The molecule has 0 bridgehead atoms. The second-order valence-electron chi connectivity index (χ2n) is 5.64. The Balaban J connectivity index is 1.33. The van der Waals surface area contributed by atoms with Gasteiger partial charge in [-0.05, 0) is 49.9 Å². The molecule has 4 heteroatoms. The molecule has 0 unspecified atom stereocenters. The molecular formula is C17H23N3O. The van der Waals surface area contributed by atoms with Gasteiger partial charge in [0, 0.05) is 26.0 Å². The highest BCUT2D eigenvalue weighted by Gasteiger charge is 2.20. The first-order chi connectivity index (χ1) is 10.4. The van der Waals surface area contributed by atoms with Crippen molar-refractivity contribution >= 4 is 0 Å². The van der Waals surface area contributed by atoms with Crippen LogP contribution in [0.3, 0.4) is 0 Å². The second kappa shape index (κ2) is 7.38. The molecule has 0 spiro atoms. The molecular weight excluding hydrogens is 262 g/mol. The number of nitrogens with zero attached hydrogens (tertiary/aromatic N) is 2. The van der Waals surface area contributed by atoms with Crippen LogP contribution >= 0.6 is 0 Å². The molecule has 1 aliphatic carbocycles. The number of ether oxygens (including phenoxy) is 1. The zero-order chi connectivity index (χ0) is 14.3. The summed E-state index contributed by atoms with van der Waals surface area (Å²) >= 11 is 0. The van der Waals surface area contributed by atoms with Crippen LogP contribution in [-0.2, 0) is 11.3 Å². The molecule has 2 aromatic rings. The molecule has 1 fully saturated rings. The summed E-state index contributed by atoms with van der Waals surface area (Å²) < 4.78 is 7.52. The molecule has 4 nitrogen and oxygen atoms in total. The van der Waals surface area contributed by atoms with Gasteiger partial charge in [-0.25, -0.2) is 4.68 Å². The topological polar surface area (TPSA) is 39.1 Å². The van der Waals surface area contributed by atoms with E-state index in [1.165, 1.54) is 12.8 Å². The SMILES string of the molecule is c1ccc(-n2ccc(CNCCCOCC3CC3)n2)cc1. The fourth-order valence-corrected chi connectivity index (χ4v) is 2.23. The lowest BCUT2D eigenvalue weighted by Gasteiger charge is -2.04. The minimum Gasteiger partial charge on any atom is -0.381 e. The van der Waals surface area contributed by atoms with E-state index in [2.05, 4.69) is 28.6 Å². The number of hydrogen-bond donors (Lipinski definition) is 1. The summed E-state index contributed by atoms with van der Waals surface area (Å²) in [4.78, 5) is 0. The van der Waals surface area contributed by atoms with Crippen LogP contribution < -0.4 is 5.32 Å². The number of rotatable bonds is 9. The van der Waals surface area contributed by atoms with Crippen molar-refractivity contribution < 1.29 is 4.74 Å². The molecule has 1 saturated carbocycles. The third-order valence-electron chi connectivity index (χ3n) is 3.66. The van der Waals surface area contributed by atoms with Gasteiger partial charge in [-0.1, -0.05) is 18.2 Å². The molecule has 1 aromatic carbocycles. The maximum absolute atomic E-state index is 5.61. The fourth-order valence-electron chi connectivity index (χ4n) is 2.23. The normalized spacial score (nSPS) is 14.5. The fraction of sp³-hybridized carbons (Fsp3) is 0.471. The van der Waals surface area contributed by atoms with Crippen LogP contribution in [0, 0.1) is 5.92 Å². The first-order valence-electron chi connectivity index (χ1n) is 7.80. The Morgan fingerprint density at radius 2 is 2.05 bits per heavy atom. The zero-order valence-electron chi connectivity index (χ0n) is 12.4. The molecule has 1 heterocycles. The van der Waals surface area contributed by atoms with Crippen LogP contribution in [0.5, 0.6) is 0 Å². The van der Waals surface area contributed by atoms with E-state index in [4.69, 9.17) is 4.74 Å². The van der Waals surface area contributed by atoms with E-state index in [1.807, 2.05) is 29.1 Å². The molecule has 3 rings (SSSR count). The Morgan fingerprint density at radius 1 is 1.19 bits per heavy atom. The van der Waals surface area contributed by atoms with Crippen molar-refractivity contribution in [1.29, 1.82) is 0 Å². The number of hydrogen-bond acceptors (Lipinski definition) is 3. The lowest BCUT2D eigenvalue weighted by Crippen LogP contribution is -2.17. The van der Waals surface area contributed by atoms with Gasteiger partial charge in [0.15, 0.2) is 0 Å². The van der Waals surface area contributed by atoms with Gasteiger partial charge in [0.05, 0.1) is 11.4 Å². The Hall–Kier alpha value is -1.65. The highest BCUT2D eigenvalue weighted by atomic mass is 16.5. The van der Waals surface area contributed by atoms with Crippen molar-refractivity contribution in [3.8, 4) is 5.69 Å². The minimum atomic E-state index is 0.808. The van der Waals surface area contributed by atoms with E-state index in [0.717, 1.165) is 50.0 Å². The summed E-state index contributed by atoms with van der Waals surface area (Å²) in [5.74, 6) is 0.861. The quantitative estimate of drug-likeness (QED) is 0.720. The molecule has 21 heavy (non-hydrogen) atoms. The van der Waals surface area contributed by atoms with Gasteiger partial charge < -0.3 is 10.1 Å². The Kier molecular flexibility index (Phi) is 5.03. The van der Waals surface area contributed by atoms with Gasteiger partial charge in [-0.3, -0.25) is 0 Å². The molecule has 1 aromatic heterocycles. The number of aromatic nitrogens is 2. The molecule has 0 atom stereocenters. The number of nitrogens with one attached hydrogen (secondary N) is 1. The van der Waals surface area contributed by atoms with Gasteiger partial charge in [0.2, 0.25) is 0 Å². The Bertz CT molecular complexity index is 534. The highest BCUT2D eigenvalue weighted by molar-refractivity contribution is 5.30. The molecule has 1 N–H and O–H groups in total. The molecule has 0 amide bonds. The summed E-state index contributed by atoms with van der Waals surface area (Å²) in [6.45, 7) is 3.61. The Morgan fingerprint density at radius 3 is 2.86 bits per heavy atom. The van der Waals surface area contributed by atoms with Crippen LogP contribution in [0.25, 0.3) is 5.69 Å². The average Bonchev–Trinajstić information content (AvgIpc) is 3.23. The van der Waals surface area contributed by atoms with E-state index in [1.54, 1.807) is 0 Å². The predicted molar refractivity (Wildman–Crippen MR) is 83.4 cm³/mol. The minimum absolute atomic E-state index is 0.808. The molecule has 112 valence electrons. The smallest absolute Gasteiger partial charge is 0.0766 e. The zero-order valence-corrected chi connectivity index (χ0v) is 12.4. The first-order valence-corrected chi connectivity index (χ1v) is 7.80. The lowest BCUT2D eigenvalue weighted by molar-refractivity contribution is 0.122. The van der Waals surface area contributed by atoms with Gasteiger partial charge in [-0.15, -0.1) is 0 Å². The predicted octanol–water partition coefficient (Wildman–Crippen LogP) is 2.78. The maximum Gasteiger partial charge on any atom is 0.0766 e. The molecule has 0 saturated heterocycles. The van der Waals surface area contributed by atoms with E-state index in [9.17, 15) is 0 Å². The highest BCUT2D eigenvalue weighted by Crippen LogP contribution is 2.28. The third kappa shape index (κ3) is 4.69. The van der Waals surface area contributed by atoms with Crippen LogP contribution in [0.15, 0.2) is 42.6 Å². The van der Waals surface area contributed by atoms with Crippen molar-refractivity contribution in [1.82, 2.24) is 15.1 Å². The summed E-state index contributed by atoms with van der Waals surface area (Å²) in [5.41, 5.74) is 2.16. The molecule has 1 aliphatic rings. The summed E-state index contributed by atoms with van der Waals surface area (Å²) in [6.07, 6.45) is 5.79. The van der Waals surface area contributed by atoms with E-state index >= 15 is 0 Å². The Labute approximate surface area is 126 Å². The van der Waals surface area contributed by atoms with Crippen LogP contribution in [-0.4, -0.2) is 29.5 Å². The van der Waals surface area contributed by atoms with E-state index in [0.29, 0.717) is 0 Å². The number of para-hydroxylation sites is 1. The number of benzene rings is 1. The van der Waals surface area contributed by atoms with Crippen molar-refractivity contribution in [3.05, 3.63) is 48.3 Å². The van der Waals surface area contributed by atoms with Gasteiger partial charge >= 0.3 is 0 Å². The summed E-state index contributed by atoms with van der Waals surface area (Å²) in [5, 5.41) is 7.98. The average molecular weight is 285 g/mol. The second-order valence-corrected chi connectivity index (χ2v) is 5.64. The summed E-state index contributed by atoms with van der Waals surface area (Å²) in [7, 11) is 0. The van der Waals surface area contributed by atoms with Crippen LogP contribution in [0.4, 0.5) is 0 Å². The van der Waals surface area contributed by atoms with Crippen molar-refractivity contribution in [2.75, 3.05) is 19.8 Å². The van der Waals surface area contributed by atoms with Crippen molar-refractivity contribution in [2.24, 2.45) is 5.92 Å². The van der Waals surface area contributed by atoms with Crippen molar-refractivity contribution in [2.45, 2.75) is 25.8 Å². The largest absolute Gasteiger partial charge is 0.381 e. The van der Waals surface area contributed by atoms with Gasteiger partial charge in [0.1, 0.15) is 0 Å². The lowest BCUT2D eigenvalue weighted by atomic mass is 10.3. The van der Waals surface area contributed by atoms with Crippen LogP contribution in [0.2, 0.25) is 0 Å². The third-order valence-corrected chi connectivity index (χ3v) is 3.66. The summed E-state index contributed by atoms with van der Waals surface area (Å²) in [6, 6.07) is 12.2. The monoisotopic (exact) mass is 285 g/mol. The van der Waals surface area contributed by atoms with Gasteiger partial charge in [-0.2, -0.15) is 5.10 Å². The maximum atomic E-state index is 5.61. The van der Waals surface area contributed by atoms with Crippen LogP contribution in [0.1, 0.15) is 25.0 Å². The standard InChI is InChI=1S/C17H23N3O/c1-2-5-17(6-3-1)20-11-9-16(19-20)13-18-10-4-12-21-14-15-7-8-15/h1-3,5-6,9,11,15,18H,4,7-8,10,12-14H2. The molecule has 0 aliphatic heterocycles. The first kappa shape index (κ1) is 14.3. The van der Waals surface area contributed by atoms with Crippen molar-refractivity contribution in [3.63, 3.8) is 0 Å².